The molecule has 3 aromatic rings. The SMILES string of the molecule is CCOCc1cn(Cc2ccncc2)c(Sc2ccccc2)c1C(C)C. The molecule has 3 rings (SSSR count). The van der Waals surface area contributed by atoms with Crippen LogP contribution in [0.15, 0.2) is 71.0 Å². The van der Waals surface area contributed by atoms with E-state index in [9.17, 15) is 0 Å². The Kier molecular flexibility index (Phi) is 6.53. The molecule has 0 spiro atoms. The van der Waals surface area contributed by atoms with E-state index >= 15 is 0 Å². The average Bonchev–Trinajstić information content (AvgIpc) is 2.99. The molecule has 0 atom stereocenters. The van der Waals surface area contributed by atoms with Crippen LogP contribution in [0.1, 0.15) is 43.4 Å². The van der Waals surface area contributed by atoms with Crippen LogP contribution in [0.25, 0.3) is 0 Å². The van der Waals surface area contributed by atoms with Crippen molar-refractivity contribution in [1.82, 2.24) is 9.55 Å². The van der Waals surface area contributed by atoms with Gasteiger partial charge in [0.1, 0.15) is 0 Å². The summed E-state index contributed by atoms with van der Waals surface area (Å²) in [6.45, 7) is 8.79. The van der Waals surface area contributed by atoms with Crippen LogP contribution in [-0.2, 0) is 17.9 Å². The van der Waals surface area contributed by atoms with Crippen molar-refractivity contribution in [1.29, 1.82) is 0 Å². The van der Waals surface area contributed by atoms with Crippen LogP contribution < -0.4 is 0 Å². The Bertz CT molecular complexity index is 813. The van der Waals surface area contributed by atoms with Gasteiger partial charge in [0.05, 0.1) is 11.6 Å². The van der Waals surface area contributed by atoms with Crippen molar-refractivity contribution in [3.05, 3.63) is 77.7 Å². The second-order valence-electron chi connectivity index (χ2n) is 6.56. The quantitative estimate of drug-likeness (QED) is 0.508. The molecule has 2 heterocycles. The number of nitrogens with zero attached hydrogens (tertiary/aromatic N) is 2. The predicted octanol–water partition coefficient (Wildman–Crippen LogP) is 5.74. The first-order valence-corrected chi connectivity index (χ1v) is 9.92. The molecule has 4 heteroatoms. The van der Waals surface area contributed by atoms with E-state index in [1.165, 1.54) is 26.6 Å². The summed E-state index contributed by atoms with van der Waals surface area (Å²) in [5.74, 6) is 0.440. The molecule has 2 aromatic heterocycles. The summed E-state index contributed by atoms with van der Waals surface area (Å²) in [7, 11) is 0. The van der Waals surface area contributed by atoms with E-state index in [1.807, 2.05) is 31.1 Å². The monoisotopic (exact) mass is 366 g/mol. The van der Waals surface area contributed by atoms with E-state index in [1.54, 1.807) is 0 Å². The Labute approximate surface area is 160 Å². The van der Waals surface area contributed by atoms with E-state index in [0.29, 0.717) is 12.5 Å². The number of aromatic nitrogens is 2. The molecule has 0 aliphatic carbocycles. The van der Waals surface area contributed by atoms with E-state index in [0.717, 1.165) is 13.2 Å². The minimum absolute atomic E-state index is 0.440. The Balaban J connectivity index is 2.02. The summed E-state index contributed by atoms with van der Waals surface area (Å²) in [5, 5.41) is 1.30. The van der Waals surface area contributed by atoms with Gasteiger partial charge in [-0.05, 0) is 48.2 Å². The molecule has 0 bridgehead atoms. The third-order valence-electron chi connectivity index (χ3n) is 4.25. The molecule has 0 aliphatic heterocycles. The highest BCUT2D eigenvalue weighted by atomic mass is 32.2. The van der Waals surface area contributed by atoms with E-state index in [4.69, 9.17) is 4.74 Å². The maximum Gasteiger partial charge on any atom is 0.0838 e. The van der Waals surface area contributed by atoms with Gasteiger partial charge < -0.3 is 9.30 Å². The van der Waals surface area contributed by atoms with Crippen molar-refractivity contribution >= 4 is 11.8 Å². The van der Waals surface area contributed by atoms with Crippen LogP contribution in [0.4, 0.5) is 0 Å². The van der Waals surface area contributed by atoms with Gasteiger partial charge >= 0.3 is 0 Å². The molecule has 0 unspecified atom stereocenters. The Morgan fingerprint density at radius 1 is 1.08 bits per heavy atom. The van der Waals surface area contributed by atoms with Crippen LogP contribution in [-0.4, -0.2) is 16.2 Å². The lowest BCUT2D eigenvalue weighted by Gasteiger charge is -2.14. The van der Waals surface area contributed by atoms with Crippen LogP contribution in [0.5, 0.6) is 0 Å². The van der Waals surface area contributed by atoms with Gasteiger partial charge in [-0.15, -0.1) is 0 Å². The standard InChI is InChI=1S/C22H26N2OS/c1-4-25-16-19-15-24(14-18-10-12-23-13-11-18)22(21(19)17(2)3)26-20-8-6-5-7-9-20/h5-13,15,17H,4,14,16H2,1-3H3. The van der Waals surface area contributed by atoms with Crippen LogP contribution in [0.2, 0.25) is 0 Å². The van der Waals surface area contributed by atoms with Gasteiger partial charge in [-0.25, -0.2) is 0 Å². The molecule has 0 saturated heterocycles. The highest BCUT2D eigenvalue weighted by Crippen LogP contribution is 2.38. The lowest BCUT2D eigenvalue weighted by Crippen LogP contribution is -2.01. The number of rotatable bonds is 8. The summed E-state index contributed by atoms with van der Waals surface area (Å²) < 4.78 is 8.10. The summed E-state index contributed by atoms with van der Waals surface area (Å²) in [6, 6.07) is 14.7. The lowest BCUT2D eigenvalue weighted by atomic mass is 10.0. The Morgan fingerprint density at radius 2 is 1.81 bits per heavy atom. The van der Waals surface area contributed by atoms with Crippen molar-refractivity contribution in [3.63, 3.8) is 0 Å². The van der Waals surface area contributed by atoms with Crippen LogP contribution in [0, 0.1) is 0 Å². The molecule has 0 amide bonds. The van der Waals surface area contributed by atoms with Gasteiger partial charge in [-0.2, -0.15) is 0 Å². The van der Waals surface area contributed by atoms with Crippen LogP contribution in [0.3, 0.4) is 0 Å². The van der Waals surface area contributed by atoms with Crippen molar-refractivity contribution in [2.75, 3.05) is 6.61 Å². The normalized spacial score (nSPS) is 11.2. The molecule has 0 saturated carbocycles. The zero-order chi connectivity index (χ0) is 18.4. The second kappa shape index (κ2) is 9.06. The van der Waals surface area contributed by atoms with E-state index in [-0.39, 0.29) is 0 Å². The van der Waals surface area contributed by atoms with Gasteiger partial charge in [0.15, 0.2) is 0 Å². The van der Waals surface area contributed by atoms with Crippen LogP contribution >= 0.6 is 11.8 Å². The molecular weight excluding hydrogens is 340 g/mol. The van der Waals surface area contributed by atoms with Gasteiger partial charge in [-0.1, -0.05) is 43.8 Å². The van der Waals surface area contributed by atoms with Gasteiger partial charge in [0.2, 0.25) is 0 Å². The second-order valence-corrected chi connectivity index (χ2v) is 7.63. The molecule has 0 N–H and O–H groups in total. The lowest BCUT2D eigenvalue weighted by molar-refractivity contribution is 0.133. The zero-order valence-corrected chi connectivity index (χ0v) is 16.5. The highest BCUT2D eigenvalue weighted by Gasteiger charge is 2.20. The minimum Gasteiger partial charge on any atom is -0.377 e. The fourth-order valence-corrected chi connectivity index (χ4v) is 4.30. The maximum absolute atomic E-state index is 5.75. The number of pyridine rings is 1. The first-order chi connectivity index (χ1) is 12.7. The summed E-state index contributed by atoms with van der Waals surface area (Å²) in [6.07, 6.45) is 5.97. The third-order valence-corrected chi connectivity index (χ3v) is 5.40. The minimum atomic E-state index is 0.440. The molecule has 0 fully saturated rings. The molecule has 3 nitrogen and oxygen atoms in total. The number of hydrogen-bond acceptors (Lipinski definition) is 3. The molecule has 0 radical (unpaired) electrons. The molecular formula is C22H26N2OS. The average molecular weight is 367 g/mol. The van der Waals surface area contributed by atoms with E-state index in [2.05, 4.69) is 72.1 Å². The highest BCUT2D eigenvalue weighted by molar-refractivity contribution is 7.99. The Hall–Kier alpha value is -2.04. The smallest absolute Gasteiger partial charge is 0.0838 e. The zero-order valence-electron chi connectivity index (χ0n) is 15.7. The largest absolute Gasteiger partial charge is 0.377 e. The fraction of sp³-hybridized carbons (Fsp3) is 0.318. The van der Waals surface area contributed by atoms with E-state index < -0.39 is 0 Å². The third kappa shape index (κ3) is 4.57. The van der Waals surface area contributed by atoms with Crippen molar-refractivity contribution in [3.8, 4) is 0 Å². The van der Waals surface area contributed by atoms with Crippen molar-refractivity contribution in [2.45, 2.75) is 49.8 Å². The van der Waals surface area contributed by atoms with Gasteiger partial charge in [0, 0.05) is 42.2 Å². The summed E-state index contributed by atoms with van der Waals surface area (Å²) in [5.41, 5.74) is 3.93. The number of benzene rings is 1. The first kappa shape index (κ1) is 18.7. The van der Waals surface area contributed by atoms with Crippen molar-refractivity contribution < 1.29 is 4.74 Å². The first-order valence-electron chi connectivity index (χ1n) is 9.10. The number of hydrogen-bond donors (Lipinski definition) is 0. The Morgan fingerprint density at radius 3 is 2.46 bits per heavy atom. The predicted molar refractivity (Wildman–Crippen MR) is 108 cm³/mol. The molecule has 136 valence electrons. The van der Waals surface area contributed by atoms with Gasteiger partial charge in [0.25, 0.3) is 0 Å². The molecule has 1 aromatic carbocycles. The topological polar surface area (TPSA) is 27.1 Å². The maximum atomic E-state index is 5.75. The summed E-state index contributed by atoms with van der Waals surface area (Å²) in [4.78, 5) is 5.39. The van der Waals surface area contributed by atoms with Crippen molar-refractivity contribution in [2.24, 2.45) is 0 Å². The summed E-state index contributed by atoms with van der Waals surface area (Å²) >= 11 is 1.83. The number of ether oxygens (including phenoxy) is 1. The fourth-order valence-electron chi connectivity index (χ4n) is 3.07. The molecule has 26 heavy (non-hydrogen) atoms. The molecule has 0 aliphatic rings. The van der Waals surface area contributed by atoms with Gasteiger partial charge in [-0.3, -0.25) is 4.98 Å².